The molecule has 0 amide bonds. The Morgan fingerprint density at radius 1 is 1.39 bits per heavy atom. The second kappa shape index (κ2) is 5.51. The molecule has 2 rings (SSSR count). The summed E-state index contributed by atoms with van der Waals surface area (Å²) < 4.78 is 0. The van der Waals surface area contributed by atoms with E-state index < -0.39 is 0 Å². The molecule has 0 spiro atoms. The van der Waals surface area contributed by atoms with Crippen molar-refractivity contribution in [1.29, 1.82) is 5.26 Å². The molecule has 0 bridgehead atoms. The molecular weight excluding hydrogens is 222 g/mol. The molecule has 2 unspecified atom stereocenters. The van der Waals surface area contributed by atoms with Gasteiger partial charge in [0.05, 0.1) is 11.6 Å². The first-order valence-corrected chi connectivity index (χ1v) is 6.61. The van der Waals surface area contributed by atoms with Crippen molar-refractivity contribution in [3.05, 3.63) is 35.4 Å². The molecule has 1 fully saturated rings. The number of hydrogen-bond acceptors (Lipinski definition) is 3. The maximum Gasteiger partial charge on any atom is 0.0991 e. The molecule has 2 N–H and O–H groups in total. The van der Waals surface area contributed by atoms with Gasteiger partial charge in [-0.1, -0.05) is 26.0 Å². The largest absolute Gasteiger partial charge is 0.326 e. The molecule has 1 heterocycles. The lowest BCUT2D eigenvalue weighted by molar-refractivity contribution is 0.221. The van der Waals surface area contributed by atoms with Crippen LogP contribution in [0.4, 0.5) is 0 Å². The van der Waals surface area contributed by atoms with E-state index in [4.69, 9.17) is 11.0 Å². The minimum absolute atomic E-state index is 0.205. The average Bonchev–Trinajstić information content (AvgIpc) is 2.70. The van der Waals surface area contributed by atoms with E-state index in [1.807, 2.05) is 24.3 Å². The highest BCUT2D eigenvalue weighted by Crippen LogP contribution is 2.31. The van der Waals surface area contributed by atoms with Crippen LogP contribution < -0.4 is 5.73 Å². The van der Waals surface area contributed by atoms with Gasteiger partial charge in [0.25, 0.3) is 0 Å². The van der Waals surface area contributed by atoms with Crippen molar-refractivity contribution in [2.45, 2.75) is 32.4 Å². The Hall–Kier alpha value is -1.37. The van der Waals surface area contributed by atoms with E-state index >= 15 is 0 Å². The van der Waals surface area contributed by atoms with Gasteiger partial charge in [-0.2, -0.15) is 5.26 Å². The van der Waals surface area contributed by atoms with Crippen molar-refractivity contribution in [2.75, 3.05) is 13.1 Å². The van der Waals surface area contributed by atoms with Gasteiger partial charge in [-0.15, -0.1) is 0 Å². The van der Waals surface area contributed by atoms with Crippen molar-refractivity contribution in [1.82, 2.24) is 4.90 Å². The van der Waals surface area contributed by atoms with Crippen LogP contribution in [0, 0.1) is 17.2 Å². The van der Waals surface area contributed by atoms with Crippen molar-refractivity contribution in [2.24, 2.45) is 11.7 Å². The van der Waals surface area contributed by atoms with E-state index in [-0.39, 0.29) is 6.04 Å². The Bertz CT molecular complexity index is 430. The quantitative estimate of drug-likeness (QED) is 0.886. The summed E-state index contributed by atoms with van der Waals surface area (Å²) in [6, 6.07) is 10.5. The fourth-order valence-electron chi connectivity index (χ4n) is 2.77. The van der Waals surface area contributed by atoms with E-state index in [2.05, 4.69) is 24.8 Å². The van der Waals surface area contributed by atoms with E-state index in [9.17, 15) is 0 Å². The molecule has 0 saturated carbocycles. The number of rotatable bonds is 3. The molecule has 3 nitrogen and oxygen atoms in total. The zero-order valence-electron chi connectivity index (χ0n) is 11.1. The first-order valence-electron chi connectivity index (χ1n) is 6.61. The third-order valence-electron chi connectivity index (χ3n) is 3.53. The lowest BCUT2D eigenvalue weighted by atomic mass is 9.99. The van der Waals surface area contributed by atoms with Gasteiger partial charge in [0.2, 0.25) is 0 Å². The number of hydrogen-bond donors (Lipinski definition) is 1. The first kappa shape index (κ1) is 13.1. The summed E-state index contributed by atoms with van der Waals surface area (Å²) >= 11 is 0. The summed E-state index contributed by atoms with van der Waals surface area (Å²) in [6.45, 7) is 6.63. The molecule has 0 radical (unpaired) electrons. The van der Waals surface area contributed by atoms with E-state index in [0.29, 0.717) is 17.5 Å². The molecule has 18 heavy (non-hydrogen) atoms. The fourth-order valence-corrected chi connectivity index (χ4v) is 2.77. The molecule has 2 atom stereocenters. The predicted octanol–water partition coefficient (Wildman–Crippen LogP) is 2.29. The molecular formula is C15H21N3. The minimum Gasteiger partial charge on any atom is -0.326 e. The van der Waals surface area contributed by atoms with Gasteiger partial charge in [-0.25, -0.2) is 0 Å². The standard InChI is InChI=1S/C15H21N3/c1-11(2)10-18-8-7-14(17)15(18)13-5-3-12(9-16)4-6-13/h3-6,11,14-15H,7-8,10,17H2,1-2H3. The molecule has 1 aromatic rings. The zero-order valence-corrected chi connectivity index (χ0v) is 11.1. The van der Waals surface area contributed by atoms with Crippen molar-refractivity contribution >= 4 is 0 Å². The topological polar surface area (TPSA) is 53.0 Å². The van der Waals surface area contributed by atoms with Gasteiger partial charge in [-0.05, 0) is 30.0 Å². The third-order valence-corrected chi connectivity index (χ3v) is 3.53. The summed E-state index contributed by atoms with van der Waals surface area (Å²) in [5, 5.41) is 8.83. The Labute approximate surface area is 109 Å². The smallest absolute Gasteiger partial charge is 0.0991 e. The summed E-state index contributed by atoms with van der Waals surface area (Å²) in [5.74, 6) is 0.649. The first-order chi connectivity index (χ1) is 8.61. The molecule has 1 aliphatic heterocycles. The van der Waals surface area contributed by atoms with Gasteiger partial charge >= 0.3 is 0 Å². The van der Waals surface area contributed by atoms with Gasteiger partial charge in [0.1, 0.15) is 0 Å². The number of likely N-dealkylation sites (tertiary alicyclic amines) is 1. The Balaban J connectivity index is 2.19. The molecule has 96 valence electrons. The van der Waals surface area contributed by atoms with Crippen LogP contribution in [0.15, 0.2) is 24.3 Å². The number of nitrogens with two attached hydrogens (primary N) is 1. The van der Waals surface area contributed by atoms with Crippen LogP contribution in [-0.4, -0.2) is 24.0 Å². The summed E-state index contributed by atoms with van der Waals surface area (Å²) in [4.78, 5) is 2.47. The lowest BCUT2D eigenvalue weighted by Crippen LogP contribution is -2.33. The van der Waals surface area contributed by atoms with Crippen molar-refractivity contribution in [3.8, 4) is 6.07 Å². The second-order valence-corrected chi connectivity index (χ2v) is 5.52. The van der Waals surface area contributed by atoms with Gasteiger partial charge in [0, 0.05) is 25.2 Å². The second-order valence-electron chi connectivity index (χ2n) is 5.52. The van der Waals surface area contributed by atoms with Crippen LogP contribution in [0.5, 0.6) is 0 Å². The highest BCUT2D eigenvalue weighted by molar-refractivity contribution is 5.33. The number of nitrogens with zero attached hydrogens (tertiary/aromatic N) is 2. The highest BCUT2D eigenvalue weighted by atomic mass is 15.2. The van der Waals surface area contributed by atoms with Crippen LogP contribution in [0.25, 0.3) is 0 Å². The molecule has 0 aliphatic carbocycles. The Kier molecular flexibility index (Phi) is 4.00. The van der Waals surface area contributed by atoms with Gasteiger partial charge in [-0.3, -0.25) is 4.90 Å². The van der Waals surface area contributed by atoms with Crippen LogP contribution in [0.1, 0.15) is 37.4 Å². The summed E-state index contributed by atoms with van der Waals surface area (Å²) in [7, 11) is 0. The summed E-state index contributed by atoms with van der Waals surface area (Å²) in [5.41, 5.74) is 8.19. The van der Waals surface area contributed by atoms with Crippen LogP contribution in [0.3, 0.4) is 0 Å². The third kappa shape index (κ3) is 2.72. The maximum atomic E-state index is 8.83. The van der Waals surface area contributed by atoms with E-state index in [0.717, 1.165) is 19.5 Å². The molecule has 1 aliphatic rings. The monoisotopic (exact) mass is 243 g/mol. The highest BCUT2D eigenvalue weighted by Gasteiger charge is 2.32. The summed E-state index contributed by atoms with van der Waals surface area (Å²) in [6.07, 6.45) is 1.05. The number of benzene rings is 1. The van der Waals surface area contributed by atoms with E-state index in [1.54, 1.807) is 0 Å². The minimum atomic E-state index is 0.205. The fraction of sp³-hybridized carbons (Fsp3) is 0.533. The van der Waals surface area contributed by atoms with Crippen LogP contribution >= 0.6 is 0 Å². The molecule has 0 aromatic heterocycles. The van der Waals surface area contributed by atoms with Crippen molar-refractivity contribution in [3.63, 3.8) is 0 Å². The predicted molar refractivity (Wildman–Crippen MR) is 72.9 cm³/mol. The number of nitriles is 1. The van der Waals surface area contributed by atoms with Gasteiger partial charge in [0.15, 0.2) is 0 Å². The van der Waals surface area contributed by atoms with Crippen LogP contribution in [-0.2, 0) is 0 Å². The normalized spacial score (nSPS) is 24.4. The lowest BCUT2D eigenvalue weighted by Gasteiger charge is -2.28. The Morgan fingerprint density at radius 3 is 2.61 bits per heavy atom. The van der Waals surface area contributed by atoms with Gasteiger partial charge < -0.3 is 5.73 Å². The molecule has 3 heteroatoms. The Morgan fingerprint density at radius 2 is 2.06 bits per heavy atom. The zero-order chi connectivity index (χ0) is 13.1. The molecule has 1 saturated heterocycles. The average molecular weight is 243 g/mol. The van der Waals surface area contributed by atoms with Crippen molar-refractivity contribution < 1.29 is 0 Å². The molecule has 1 aromatic carbocycles. The SMILES string of the molecule is CC(C)CN1CCC(N)C1c1ccc(C#N)cc1. The maximum absolute atomic E-state index is 8.83. The van der Waals surface area contributed by atoms with E-state index in [1.165, 1.54) is 5.56 Å². The van der Waals surface area contributed by atoms with Crippen LogP contribution in [0.2, 0.25) is 0 Å².